The van der Waals surface area contributed by atoms with E-state index in [0.717, 1.165) is 0 Å². The van der Waals surface area contributed by atoms with Gasteiger partial charge in [-0.05, 0) is 19.1 Å². The van der Waals surface area contributed by atoms with Crippen LogP contribution in [-0.4, -0.2) is 37.6 Å². The zero-order valence-electron chi connectivity index (χ0n) is 11.6. The molecule has 0 fully saturated rings. The Hall–Kier alpha value is -1.50. The molecule has 0 aliphatic rings. The van der Waals surface area contributed by atoms with E-state index in [1.807, 2.05) is 19.1 Å². The number of halogens is 2. The molecule has 1 unspecified atom stereocenters. The SMILES string of the molecule is CC(CNC(=O)CNC(=O)CN)Oc1ccccc1Cl.Cl. The zero-order valence-corrected chi connectivity index (χ0v) is 13.2. The van der Waals surface area contributed by atoms with Crippen LogP contribution in [0.5, 0.6) is 5.75 Å². The van der Waals surface area contributed by atoms with Crippen LogP contribution in [-0.2, 0) is 9.59 Å². The van der Waals surface area contributed by atoms with Crippen LogP contribution in [0.4, 0.5) is 0 Å². The van der Waals surface area contributed by atoms with E-state index in [1.54, 1.807) is 12.1 Å². The van der Waals surface area contributed by atoms with Gasteiger partial charge in [0.25, 0.3) is 0 Å². The molecule has 0 aliphatic heterocycles. The molecular weight excluding hydrogens is 317 g/mol. The van der Waals surface area contributed by atoms with Gasteiger partial charge in [-0.2, -0.15) is 0 Å². The number of benzene rings is 1. The standard InChI is InChI=1S/C13H18ClN3O3.ClH/c1-9(20-11-5-3-2-4-10(11)14)7-16-13(19)8-17-12(18)6-15;/h2-5,9H,6-8,15H2,1H3,(H,16,19)(H,17,18);1H. The third kappa shape index (κ3) is 7.75. The molecule has 1 aromatic carbocycles. The van der Waals surface area contributed by atoms with Crippen LogP contribution in [0.15, 0.2) is 24.3 Å². The van der Waals surface area contributed by atoms with Gasteiger partial charge in [-0.15, -0.1) is 12.4 Å². The molecular formula is C13H19Cl2N3O3. The van der Waals surface area contributed by atoms with E-state index in [4.69, 9.17) is 22.1 Å². The molecule has 1 atom stereocenters. The highest BCUT2D eigenvalue weighted by molar-refractivity contribution is 6.32. The Balaban J connectivity index is 0.00000400. The summed E-state index contributed by atoms with van der Waals surface area (Å²) in [5.74, 6) is -0.116. The van der Waals surface area contributed by atoms with E-state index < -0.39 is 0 Å². The van der Waals surface area contributed by atoms with Crippen LogP contribution in [0, 0.1) is 0 Å². The fourth-order valence-electron chi connectivity index (χ4n) is 1.37. The van der Waals surface area contributed by atoms with Crippen LogP contribution in [0.2, 0.25) is 5.02 Å². The molecule has 1 rings (SSSR count). The lowest BCUT2D eigenvalue weighted by Gasteiger charge is -2.16. The summed E-state index contributed by atoms with van der Waals surface area (Å²) in [6, 6.07) is 7.10. The molecule has 0 aromatic heterocycles. The van der Waals surface area contributed by atoms with Gasteiger partial charge >= 0.3 is 0 Å². The molecule has 0 heterocycles. The second kappa shape index (κ2) is 10.3. The van der Waals surface area contributed by atoms with Crippen molar-refractivity contribution >= 4 is 35.8 Å². The molecule has 0 saturated heterocycles. The van der Waals surface area contributed by atoms with Gasteiger partial charge in [0.05, 0.1) is 24.7 Å². The van der Waals surface area contributed by atoms with Gasteiger partial charge in [0, 0.05) is 0 Å². The number of carbonyl (C=O) groups is 2. The van der Waals surface area contributed by atoms with Crippen molar-refractivity contribution in [2.24, 2.45) is 5.73 Å². The van der Waals surface area contributed by atoms with Crippen molar-refractivity contribution in [2.45, 2.75) is 13.0 Å². The van der Waals surface area contributed by atoms with Crippen molar-refractivity contribution < 1.29 is 14.3 Å². The molecule has 8 heteroatoms. The molecule has 21 heavy (non-hydrogen) atoms. The van der Waals surface area contributed by atoms with E-state index in [1.165, 1.54) is 0 Å². The Bertz CT molecular complexity index is 472. The minimum atomic E-state index is -0.375. The largest absolute Gasteiger partial charge is 0.487 e. The monoisotopic (exact) mass is 335 g/mol. The predicted molar refractivity (Wildman–Crippen MR) is 83.9 cm³/mol. The molecule has 0 radical (unpaired) electrons. The van der Waals surface area contributed by atoms with Crippen molar-refractivity contribution in [1.82, 2.24) is 10.6 Å². The van der Waals surface area contributed by atoms with Gasteiger partial charge in [-0.25, -0.2) is 0 Å². The lowest BCUT2D eigenvalue weighted by Crippen LogP contribution is -2.42. The number of nitrogens with two attached hydrogens (primary N) is 1. The third-order valence-corrected chi connectivity index (χ3v) is 2.70. The summed E-state index contributed by atoms with van der Waals surface area (Å²) in [5, 5.41) is 5.53. The maximum absolute atomic E-state index is 11.4. The normalized spacial score (nSPS) is 11.0. The number of hydrogen-bond acceptors (Lipinski definition) is 4. The number of rotatable bonds is 7. The predicted octanol–water partition coefficient (Wildman–Crippen LogP) is 0.720. The number of ether oxygens (including phenoxy) is 1. The molecule has 0 bridgehead atoms. The summed E-state index contributed by atoms with van der Waals surface area (Å²) in [6.45, 7) is 1.87. The molecule has 2 amide bonds. The lowest BCUT2D eigenvalue weighted by molar-refractivity contribution is -0.125. The highest BCUT2D eigenvalue weighted by Gasteiger charge is 2.09. The van der Waals surface area contributed by atoms with Crippen LogP contribution in [0.1, 0.15) is 6.92 Å². The summed E-state index contributed by atoms with van der Waals surface area (Å²) in [4.78, 5) is 22.3. The average Bonchev–Trinajstić information content (AvgIpc) is 2.45. The maximum Gasteiger partial charge on any atom is 0.239 e. The Morgan fingerprint density at radius 2 is 1.95 bits per heavy atom. The highest BCUT2D eigenvalue weighted by Crippen LogP contribution is 2.23. The average molecular weight is 336 g/mol. The first-order valence-electron chi connectivity index (χ1n) is 6.17. The summed E-state index contributed by atoms with van der Waals surface area (Å²) >= 11 is 5.96. The molecule has 0 aliphatic carbocycles. The number of nitrogens with one attached hydrogen (secondary N) is 2. The zero-order chi connectivity index (χ0) is 15.0. The Morgan fingerprint density at radius 1 is 1.29 bits per heavy atom. The van der Waals surface area contributed by atoms with Gasteiger partial charge in [-0.1, -0.05) is 23.7 Å². The molecule has 1 aromatic rings. The lowest BCUT2D eigenvalue weighted by atomic mass is 10.3. The second-order valence-electron chi connectivity index (χ2n) is 4.14. The fourth-order valence-corrected chi connectivity index (χ4v) is 1.55. The quantitative estimate of drug-likeness (QED) is 0.684. The van der Waals surface area contributed by atoms with Crippen LogP contribution >= 0.6 is 24.0 Å². The van der Waals surface area contributed by atoms with E-state index >= 15 is 0 Å². The van der Waals surface area contributed by atoms with Crippen LogP contribution in [0.25, 0.3) is 0 Å². The van der Waals surface area contributed by atoms with Crippen molar-refractivity contribution in [1.29, 1.82) is 0 Å². The van der Waals surface area contributed by atoms with Gasteiger partial charge < -0.3 is 21.1 Å². The van der Waals surface area contributed by atoms with E-state index in [-0.39, 0.29) is 43.4 Å². The number of para-hydroxylation sites is 1. The smallest absolute Gasteiger partial charge is 0.239 e. The summed E-state index contributed by atoms with van der Waals surface area (Å²) < 4.78 is 5.59. The van der Waals surface area contributed by atoms with E-state index in [2.05, 4.69) is 10.6 Å². The van der Waals surface area contributed by atoms with Crippen molar-refractivity contribution in [2.75, 3.05) is 19.6 Å². The van der Waals surface area contributed by atoms with Gasteiger partial charge in [0.15, 0.2) is 0 Å². The molecule has 0 spiro atoms. The first-order chi connectivity index (χ1) is 9.52. The maximum atomic E-state index is 11.4. The fraction of sp³-hybridized carbons (Fsp3) is 0.385. The van der Waals surface area contributed by atoms with E-state index in [0.29, 0.717) is 17.3 Å². The van der Waals surface area contributed by atoms with Gasteiger partial charge in [0.1, 0.15) is 11.9 Å². The minimum Gasteiger partial charge on any atom is -0.487 e. The molecule has 118 valence electrons. The second-order valence-corrected chi connectivity index (χ2v) is 4.55. The third-order valence-electron chi connectivity index (χ3n) is 2.38. The Morgan fingerprint density at radius 3 is 2.57 bits per heavy atom. The first-order valence-corrected chi connectivity index (χ1v) is 6.55. The van der Waals surface area contributed by atoms with Crippen molar-refractivity contribution in [3.05, 3.63) is 29.3 Å². The van der Waals surface area contributed by atoms with Crippen molar-refractivity contribution in [3.63, 3.8) is 0 Å². The van der Waals surface area contributed by atoms with E-state index in [9.17, 15) is 9.59 Å². The van der Waals surface area contributed by atoms with Gasteiger partial charge in [-0.3, -0.25) is 9.59 Å². The van der Waals surface area contributed by atoms with Crippen molar-refractivity contribution in [3.8, 4) is 5.75 Å². The number of amides is 2. The van der Waals surface area contributed by atoms with Crippen LogP contribution < -0.4 is 21.1 Å². The number of carbonyl (C=O) groups excluding carboxylic acids is 2. The molecule has 6 nitrogen and oxygen atoms in total. The minimum absolute atomic E-state index is 0. The molecule has 0 saturated carbocycles. The highest BCUT2D eigenvalue weighted by atomic mass is 35.5. The van der Waals surface area contributed by atoms with Gasteiger partial charge in [0.2, 0.25) is 11.8 Å². The first kappa shape index (κ1) is 19.5. The summed E-state index contributed by atoms with van der Waals surface area (Å²) in [5.41, 5.74) is 5.10. The topological polar surface area (TPSA) is 93.5 Å². The molecule has 4 N–H and O–H groups in total. The Kier molecular flexibility index (Phi) is 9.53. The summed E-state index contributed by atoms with van der Waals surface area (Å²) in [7, 11) is 0. The Labute approximate surface area is 134 Å². The van der Waals surface area contributed by atoms with Crippen LogP contribution in [0.3, 0.4) is 0 Å². The number of hydrogen-bond donors (Lipinski definition) is 3. The summed E-state index contributed by atoms with van der Waals surface area (Å²) in [6.07, 6.45) is -0.246.